The molecule has 0 atom stereocenters. The molecule has 0 radical (unpaired) electrons. The summed E-state index contributed by atoms with van der Waals surface area (Å²) in [5.41, 5.74) is 0. The number of unbranched alkanes of at least 4 members (excludes halogenated alkanes) is 4. The molecule has 88 valence electrons. The fourth-order valence-corrected chi connectivity index (χ4v) is 1.72. The average molecular weight is 222 g/mol. The molecule has 4 heteroatoms. The van der Waals surface area contributed by atoms with E-state index in [0.29, 0.717) is 13.2 Å². The zero-order valence-electron chi connectivity index (χ0n) is 9.91. The lowest BCUT2D eigenvalue weighted by atomic mass is 10.1. The second kappa shape index (κ2) is 7.89. The first kappa shape index (κ1) is 12.7. The van der Waals surface area contributed by atoms with E-state index in [9.17, 15) is 0 Å². The highest BCUT2D eigenvalue weighted by atomic mass is 16.5. The van der Waals surface area contributed by atoms with E-state index in [1.165, 1.54) is 12.2 Å². The Morgan fingerprint density at radius 1 is 1.38 bits per heavy atom. The summed E-state index contributed by atoms with van der Waals surface area (Å²) in [4.78, 5) is 3.22. The monoisotopic (exact) mass is 222 g/mol. The van der Waals surface area contributed by atoms with Crippen molar-refractivity contribution >= 4 is 0 Å². The Morgan fingerprint density at radius 2 is 2.19 bits per heavy atom. The first-order chi connectivity index (χ1) is 7.88. The summed E-state index contributed by atoms with van der Waals surface area (Å²) >= 11 is 0. The van der Waals surface area contributed by atoms with Crippen LogP contribution >= 0.6 is 0 Å². The molecule has 0 bridgehead atoms. The quantitative estimate of drug-likeness (QED) is 0.539. The Morgan fingerprint density at radius 3 is 2.94 bits per heavy atom. The number of nitriles is 1. The molecule has 1 N–H and O–H groups in total. The van der Waals surface area contributed by atoms with E-state index in [1.807, 2.05) is 12.4 Å². The van der Waals surface area contributed by atoms with Crippen molar-refractivity contribution in [3.63, 3.8) is 0 Å². The number of nitrogens with zero attached hydrogens (tertiary/aromatic N) is 2. The third-order valence-electron chi connectivity index (χ3n) is 2.57. The second-order valence-electron chi connectivity index (χ2n) is 3.87. The summed E-state index contributed by atoms with van der Waals surface area (Å²) in [7, 11) is 1.70. The number of hydrogen-bond acceptors (Lipinski definition) is 2. The topological polar surface area (TPSA) is 52.7 Å². The number of aromatic nitrogens is 2. The Balaban J connectivity index is 2.16. The van der Waals surface area contributed by atoms with Crippen molar-refractivity contribution in [2.24, 2.45) is 0 Å². The van der Waals surface area contributed by atoms with Crippen LogP contribution in [-0.2, 0) is 17.9 Å². The van der Waals surface area contributed by atoms with E-state index in [0.717, 1.165) is 25.7 Å². The van der Waals surface area contributed by atoms with Gasteiger partial charge in [-0.05, 0) is 12.8 Å². The van der Waals surface area contributed by atoms with Crippen LogP contribution in [0.5, 0.6) is 0 Å². The first-order valence-corrected chi connectivity index (χ1v) is 5.80. The van der Waals surface area contributed by atoms with E-state index in [1.54, 1.807) is 7.11 Å². The number of rotatable bonds is 8. The molecule has 0 amide bonds. The molecule has 1 rings (SSSR count). The molecule has 0 aromatic carbocycles. The van der Waals surface area contributed by atoms with Gasteiger partial charge >= 0.3 is 0 Å². The number of hydrogen-bond donors (Lipinski definition) is 1. The second-order valence-corrected chi connectivity index (χ2v) is 3.87. The van der Waals surface area contributed by atoms with Crippen LogP contribution in [0.15, 0.2) is 12.4 Å². The molecule has 0 saturated heterocycles. The van der Waals surface area contributed by atoms with Crippen LogP contribution in [0.1, 0.15) is 37.9 Å². The third kappa shape index (κ3) is 4.45. The van der Waals surface area contributed by atoms with E-state index in [-0.39, 0.29) is 0 Å². The maximum atomic E-state index is 8.40. The van der Waals surface area contributed by atoms with Gasteiger partial charge in [0.25, 0.3) is 5.82 Å². The fraction of sp³-hybridized carbons (Fsp3) is 0.667. The normalized spacial score (nSPS) is 10.2. The highest BCUT2D eigenvalue weighted by molar-refractivity contribution is 4.77. The fourth-order valence-electron chi connectivity index (χ4n) is 1.72. The number of nitrogens with one attached hydrogen (secondary N) is 1. The molecule has 0 spiro atoms. The zero-order chi connectivity index (χ0) is 11.6. The number of methoxy groups -OCH3 is 1. The molecular formula is C12H20N3O+. The summed E-state index contributed by atoms with van der Waals surface area (Å²) in [6, 6.07) is 2.17. The Labute approximate surface area is 96.9 Å². The summed E-state index contributed by atoms with van der Waals surface area (Å²) in [6.07, 6.45) is 10.2. The number of aromatic amines is 1. The van der Waals surface area contributed by atoms with Crippen LogP contribution in [0.25, 0.3) is 0 Å². The number of H-pyrrole nitrogens is 1. The van der Waals surface area contributed by atoms with Gasteiger partial charge < -0.3 is 4.74 Å². The maximum absolute atomic E-state index is 8.40. The molecule has 0 unspecified atom stereocenters. The smallest absolute Gasteiger partial charge is 0.256 e. The van der Waals surface area contributed by atoms with E-state index in [4.69, 9.17) is 10.00 Å². The maximum Gasteiger partial charge on any atom is 0.256 e. The third-order valence-corrected chi connectivity index (χ3v) is 2.57. The molecule has 0 saturated carbocycles. The largest absolute Gasteiger partial charge is 0.345 e. The molecule has 16 heavy (non-hydrogen) atoms. The standard InChI is InChI=1S/C12H19N3O/c1-16-11-15-10-9-14-12(15)7-5-3-2-4-6-8-13/h9-10H,2-7,11H2,1H3/p+1. The molecule has 0 aliphatic carbocycles. The Bertz CT molecular complexity index is 327. The molecule has 1 aromatic rings. The van der Waals surface area contributed by atoms with Crippen molar-refractivity contribution in [2.45, 2.75) is 45.3 Å². The number of ether oxygens (including phenoxy) is 1. The average Bonchev–Trinajstić information content (AvgIpc) is 2.72. The lowest BCUT2D eigenvalue weighted by Gasteiger charge is -1.99. The van der Waals surface area contributed by atoms with Crippen LogP contribution in [0.3, 0.4) is 0 Å². The van der Waals surface area contributed by atoms with Gasteiger partial charge in [-0.3, -0.25) is 0 Å². The highest BCUT2D eigenvalue weighted by Gasteiger charge is 2.08. The van der Waals surface area contributed by atoms with Gasteiger partial charge in [0, 0.05) is 20.0 Å². The van der Waals surface area contributed by atoms with Gasteiger partial charge in [0.15, 0.2) is 6.73 Å². The number of imidazole rings is 1. The van der Waals surface area contributed by atoms with Crippen molar-refractivity contribution in [3.8, 4) is 6.07 Å². The lowest BCUT2D eigenvalue weighted by Crippen LogP contribution is -2.36. The summed E-state index contributed by atoms with van der Waals surface area (Å²) in [6.45, 7) is 0.604. The zero-order valence-corrected chi connectivity index (χ0v) is 9.91. The Kier molecular flexibility index (Phi) is 6.28. The van der Waals surface area contributed by atoms with Gasteiger partial charge in [0.2, 0.25) is 0 Å². The van der Waals surface area contributed by atoms with E-state index < -0.39 is 0 Å². The van der Waals surface area contributed by atoms with E-state index >= 15 is 0 Å². The molecule has 0 aliphatic rings. The summed E-state index contributed by atoms with van der Waals surface area (Å²) in [5, 5.41) is 8.40. The predicted molar refractivity (Wildman–Crippen MR) is 60.4 cm³/mol. The van der Waals surface area contributed by atoms with Crippen molar-refractivity contribution < 1.29 is 9.30 Å². The van der Waals surface area contributed by atoms with Gasteiger partial charge in [-0.25, -0.2) is 9.55 Å². The Hall–Kier alpha value is -1.34. The molecule has 0 fully saturated rings. The first-order valence-electron chi connectivity index (χ1n) is 5.80. The van der Waals surface area contributed by atoms with Gasteiger partial charge in [-0.15, -0.1) is 0 Å². The molecule has 1 aromatic heterocycles. The predicted octanol–water partition coefficient (Wildman–Crippen LogP) is 1.92. The van der Waals surface area contributed by atoms with Crippen molar-refractivity contribution in [1.82, 2.24) is 4.98 Å². The highest BCUT2D eigenvalue weighted by Crippen LogP contribution is 2.05. The summed E-state index contributed by atoms with van der Waals surface area (Å²) < 4.78 is 7.17. The minimum atomic E-state index is 0.604. The van der Waals surface area contributed by atoms with Crippen LogP contribution < -0.4 is 4.57 Å². The van der Waals surface area contributed by atoms with Crippen LogP contribution in [0.4, 0.5) is 0 Å². The molecule has 1 heterocycles. The summed E-state index contributed by atoms with van der Waals surface area (Å²) in [5.74, 6) is 1.21. The van der Waals surface area contributed by atoms with Crippen molar-refractivity contribution in [2.75, 3.05) is 7.11 Å². The van der Waals surface area contributed by atoms with Gasteiger partial charge in [0.1, 0.15) is 12.4 Å². The van der Waals surface area contributed by atoms with Crippen LogP contribution in [-0.4, -0.2) is 12.1 Å². The van der Waals surface area contributed by atoms with Crippen LogP contribution in [0, 0.1) is 11.3 Å². The molecular weight excluding hydrogens is 202 g/mol. The minimum absolute atomic E-state index is 0.604. The molecule has 4 nitrogen and oxygen atoms in total. The van der Waals surface area contributed by atoms with E-state index in [2.05, 4.69) is 15.6 Å². The SMILES string of the molecule is COC[n+]1cc[nH]c1CCCCCCC#N. The van der Waals surface area contributed by atoms with Crippen molar-refractivity contribution in [3.05, 3.63) is 18.2 Å². The van der Waals surface area contributed by atoms with Gasteiger partial charge in [-0.1, -0.05) is 12.8 Å². The molecule has 0 aliphatic heterocycles. The van der Waals surface area contributed by atoms with Crippen molar-refractivity contribution in [1.29, 1.82) is 5.26 Å². The minimum Gasteiger partial charge on any atom is -0.345 e. The number of aryl methyl sites for hydroxylation is 1. The van der Waals surface area contributed by atoms with Gasteiger partial charge in [-0.2, -0.15) is 5.26 Å². The van der Waals surface area contributed by atoms with Crippen LogP contribution in [0.2, 0.25) is 0 Å². The van der Waals surface area contributed by atoms with Gasteiger partial charge in [0.05, 0.1) is 6.07 Å². The lowest BCUT2D eigenvalue weighted by molar-refractivity contribution is -0.736.